The van der Waals surface area contributed by atoms with Crippen molar-refractivity contribution in [1.29, 1.82) is 0 Å². The number of hydrogen-bond donors (Lipinski definition) is 1. The number of likely N-dealkylation sites (N-methyl/N-ethyl adjacent to an activating group) is 1. The van der Waals surface area contributed by atoms with E-state index in [1.165, 1.54) is 0 Å². The lowest BCUT2D eigenvalue weighted by Gasteiger charge is -2.13. The van der Waals surface area contributed by atoms with Gasteiger partial charge in [-0.05, 0) is 12.8 Å². The zero-order valence-corrected chi connectivity index (χ0v) is 7.42. The van der Waals surface area contributed by atoms with Crippen LogP contribution in [0.1, 0.15) is 20.8 Å². The van der Waals surface area contributed by atoms with E-state index in [-0.39, 0.29) is 6.03 Å². The molecule has 3 heteroatoms. The molecule has 0 unspecified atom stereocenters. The van der Waals surface area contributed by atoms with E-state index in [0.717, 1.165) is 13.1 Å². The van der Waals surface area contributed by atoms with E-state index >= 15 is 0 Å². The van der Waals surface area contributed by atoms with Gasteiger partial charge in [0.05, 0.1) is 6.04 Å². The maximum atomic E-state index is 11.1. The van der Waals surface area contributed by atoms with Crippen LogP contribution < -0.4 is 5.32 Å². The Balaban J connectivity index is 2.49. The lowest BCUT2D eigenvalue weighted by molar-refractivity contribution is 0.219. The molecule has 0 aromatic carbocycles. The van der Waals surface area contributed by atoms with Gasteiger partial charge in [0.15, 0.2) is 0 Å². The maximum absolute atomic E-state index is 11.1. The third kappa shape index (κ3) is 1.64. The van der Waals surface area contributed by atoms with Crippen molar-refractivity contribution in [2.75, 3.05) is 13.1 Å². The normalized spacial score (nSPS) is 24.5. The Morgan fingerprint density at radius 1 is 1.73 bits per heavy atom. The summed E-state index contributed by atoms with van der Waals surface area (Å²) in [5, 5.41) is 2.94. The third-order valence-electron chi connectivity index (χ3n) is 2.20. The Morgan fingerprint density at radius 3 is 2.64 bits per heavy atom. The predicted octanol–water partition coefficient (Wildman–Crippen LogP) is 1.06. The van der Waals surface area contributed by atoms with Crippen molar-refractivity contribution in [3.8, 4) is 0 Å². The SMILES string of the molecule is CCN1C[C@@H](C(C)C)NC1=O. The van der Waals surface area contributed by atoms with Crippen LogP contribution in [0.4, 0.5) is 4.79 Å². The summed E-state index contributed by atoms with van der Waals surface area (Å²) in [5.41, 5.74) is 0. The first-order valence-corrected chi connectivity index (χ1v) is 4.20. The minimum atomic E-state index is 0.0891. The van der Waals surface area contributed by atoms with E-state index in [0.29, 0.717) is 12.0 Å². The summed E-state index contributed by atoms with van der Waals surface area (Å²) in [5.74, 6) is 0.537. The van der Waals surface area contributed by atoms with Crippen LogP contribution in [0.15, 0.2) is 0 Å². The van der Waals surface area contributed by atoms with E-state index in [1.54, 1.807) is 0 Å². The molecule has 1 rings (SSSR count). The number of carbonyl (C=O) groups excluding carboxylic acids is 1. The van der Waals surface area contributed by atoms with E-state index in [4.69, 9.17) is 0 Å². The fourth-order valence-electron chi connectivity index (χ4n) is 1.27. The first-order chi connectivity index (χ1) is 5.15. The van der Waals surface area contributed by atoms with Gasteiger partial charge < -0.3 is 10.2 Å². The molecule has 1 saturated heterocycles. The molecule has 1 fully saturated rings. The Bertz CT molecular complexity index is 156. The van der Waals surface area contributed by atoms with Gasteiger partial charge in [-0.15, -0.1) is 0 Å². The van der Waals surface area contributed by atoms with Crippen LogP contribution in [0.2, 0.25) is 0 Å². The highest BCUT2D eigenvalue weighted by molar-refractivity contribution is 5.76. The molecule has 0 bridgehead atoms. The molecule has 0 spiro atoms. The molecular weight excluding hydrogens is 140 g/mol. The molecule has 1 N–H and O–H groups in total. The second kappa shape index (κ2) is 3.11. The Kier molecular flexibility index (Phi) is 2.37. The first kappa shape index (κ1) is 8.37. The molecule has 0 saturated carbocycles. The fourth-order valence-corrected chi connectivity index (χ4v) is 1.27. The van der Waals surface area contributed by atoms with Crippen molar-refractivity contribution in [3.05, 3.63) is 0 Å². The summed E-state index contributed by atoms with van der Waals surface area (Å²) in [7, 11) is 0. The van der Waals surface area contributed by atoms with Crippen molar-refractivity contribution in [2.24, 2.45) is 5.92 Å². The molecule has 11 heavy (non-hydrogen) atoms. The molecule has 2 amide bonds. The summed E-state index contributed by atoms with van der Waals surface area (Å²) in [6.45, 7) is 7.94. The molecular formula is C8H16N2O. The lowest BCUT2D eigenvalue weighted by atomic mass is 10.1. The van der Waals surface area contributed by atoms with Gasteiger partial charge in [0.1, 0.15) is 0 Å². The van der Waals surface area contributed by atoms with Crippen LogP contribution >= 0.6 is 0 Å². The molecule has 64 valence electrons. The number of urea groups is 1. The van der Waals surface area contributed by atoms with Gasteiger partial charge in [-0.25, -0.2) is 4.79 Å². The number of nitrogens with one attached hydrogen (secondary N) is 1. The van der Waals surface area contributed by atoms with Crippen molar-refractivity contribution >= 4 is 6.03 Å². The van der Waals surface area contributed by atoms with Gasteiger partial charge in [-0.3, -0.25) is 0 Å². The highest BCUT2D eigenvalue weighted by Gasteiger charge is 2.28. The Morgan fingerprint density at radius 2 is 2.36 bits per heavy atom. The van der Waals surface area contributed by atoms with Gasteiger partial charge in [0.2, 0.25) is 0 Å². The summed E-state index contributed by atoms with van der Waals surface area (Å²) in [4.78, 5) is 13.0. The number of amides is 2. The van der Waals surface area contributed by atoms with Crippen molar-refractivity contribution < 1.29 is 4.79 Å². The lowest BCUT2D eigenvalue weighted by Crippen LogP contribution is -2.31. The summed E-state index contributed by atoms with van der Waals surface area (Å²) < 4.78 is 0. The highest BCUT2D eigenvalue weighted by atomic mass is 16.2. The molecule has 0 aromatic heterocycles. The Labute approximate surface area is 67.8 Å². The molecule has 1 heterocycles. The number of rotatable bonds is 2. The number of hydrogen-bond acceptors (Lipinski definition) is 1. The summed E-state index contributed by atoms with van der Waals surface area (Å²) in [6.07, 6.45) is 0. The largest absolute Gasteiger partial charge is 0.333 e. The fraction of sp³-hybridized carbons (Fsp3) is 0.875. The van der Waals surface area contributed by atoms with Crippen LogP contribution in [0.3, 0.4) is 0 Å². The molecule has 3 nitrogen and oxygen atoms in total. The average Bonchev–Trinajstić information content (AvgIpc) is 2.31. The van der Waals surface area contributed by atoms with Gasteiger partial charge in [0.25, 0.3) is 0 Å². The monoisotopic (exact) mass is 156 g/mol. The van der Waals surface area contributed by atoms with Crippen LogP contribution in [0.5, 0.6) is 0 Å². The quantitative estimate of drug-likeness (QED) is 0.637. The van der Waals surface area contributed by atoms with Crippen LogP contribution in [0, 0.1) is 5.92 Å². The molecule has 1 atom stereocenters. The zero-order chi connectivity index (χ0) is 8.43. The van der Waals surface area contributed by atoms with Gasteiger partial charge in [0, 0.05) is 13.1 Å². The predicted molar refractivity (Wildman–Crippen MR) is 44.4 cm³/mol. The highest BCUT2D eigenvalue weighted by Crippen LogP contribution is 2.10. The maximum Gasteiger partial charge on any atom is 0.317 e. The number of carbonyl (C=O) groups is 1. The van der Waals surface area contributed by atoms with Gasteiger partial charge in [-0.2, -0.15) is 0 Å². The molecule has 1 aliphatic heterocycles. The van der Waals surface area contributed by atoms with Crippen molar-refractivity contribution in [2.45, 2.75) is 26.8 Å². The minimum absolute atomic E-state index is 0.0891. The average molecular weight is 156 g/mol. The van der Waals surface area contributed by atoms with Gasteiger partial charge >= 0.3 is 6.03 Å². The van der Waals surface area contributed by atoms with Gasteiger partial charge in [-0.1, -0.05) is 13.8 Å². The summed E-state index contributed by atoms with van der Waals surface area (Å²) in [6, 6.07) is 0.439. The second-order valence-electron chi connectivity index (χ2n) is 3.34. The topological polar surface area (TPSA) is 32.3 Å². The van der Waals surface area contributed by atoms with E-state index < -0.39 is 0 Å². The third-order valence-corrected chi connectivity index (χ3v) is 2.20. The Hall–Kier alpha value is -0.730. The zero-order valence-electron chi connectivity index (χ0n) is 7.42. The van der Waals surface area contributed by atoms with E-state index in [2.05, 4.69) is 19.2 Å². The first-order valence-electron chi connectivity index (χ1n) is 4.20. The molecule has 0 radical (unpaired) electrons. The van der Waals surface area contributed by atoms with Crippen molar-refractivity contribution in [3.63, 3.8) is 0 Å². The molecule has 0 aliphatic carbocycles. The van der Waals surface area contributed by atoms with Crippen molar-refractivity contribution in [1.82, 2.24) is 10.2 Å². The van der Waals surface area contributed by atoms with Crippen LogP contribution in [-0.4, -0.2) is 30.1 Å². The van der Waals surface area contributed by atoms with Crippen LogP contribution in [0.25, 0.3) is 0 Å². The minimum Gasteiger partial charge on any atom is -0.333 e. The van der Waals surface area contributed by atoms with Crippen LogP contribution in [-0.2, 0) is 0 Å². The number of nitrogens with zero attached hydrogens (tertiary/aromatic N) is 1. The second-order valence-corrected chi connectivity index (χ2v) is 3.34. The van der Waals surface area contributed by atoms with E-state index in [1.807, 2.05) is 11.8 Å². The molecule has 1 aliphatic rings. The smallest absolute Gasteiger partial charge is 0.317 e. The summed E-state index contributed by atoms with van der Waals surface area (Å²) >= 11 is 0. The molecule has 0 aromatic rings. The van der Waals surface area contributed by atoms with E-state index in [9.17, 15) is 4.79 Å². The standard InChI is InChI=1S/C8H16N2O/c1-4-10-5-7(6(2)3)9-8(10)11/h6-7H,4-5H2,1-3H3,(H,9,11)/t7-/m0/s1.